The first kappa shape index (κ1) is 17.1. The van der Waals surface area contributed by atoms with Crippen molar-refractivity contribution in [1.82, 2.24) is 0 Å². The van der Waals surface area contributed by atoms with Crippen LogP contribution in [0.15, 0.2) is 52.3 Å². The molecule has 2 aromatic carbocycles. The average Bonchev–Trinajstić information content (AvgIpc) is 2.47. The lowest BCUT2D eigenvalue weighted by molar-refractivity contribution is -0.137. The molecule has 0 aromatic heterocycles. The smallest absolute Gasteiger partial charge is 0.293 e. The van der Waals surface area contributed by atoms with Crippen molar-refractivity contribution in [2.45, 2.75) is 16.0 Å². The van der Waals surface area contributed by atoms with E-state index in [0.29, 0.717) is 11.8 Å². The molecule has 0 spiro atoms. The predicted octanol–water partition coefficient (Wildman–Crippen LogP) is 4.08. The van der Waals surface area contributed by atoms with Crippen molar-refractivity contribution in [3.05, 3.63) is 53.1 Å². The molecule has 23 heavy (non-hydrogen) atoms. The van der Waals surface area contributed by atoms with Gasteiger partial charge in [-0.25, -0.2) is 8.42 Å². The first-order valence-electron chi connectivity index (χ1n) is 6.03. The predicted molar refractivity (Wildman–Crippen MR) is 77.6 cm³/mol. The Hall–Kier alpha value is -2.24. The number of benzene rings is 2. The van der Waals surface area contributed by atoms with E-state index in [0.717, 1.165) is 12.1 Å². The Bertz CT molecular complexity index is 872. The highest BCUT2D eigenvalue weighted by atomic mass is 35.5. The van der Waals surface area contributed by atoms with Crippen molar-refractivity contribution >= 4 is 27.1 Å². The van der Waals surface area contributed by atoms with E-state index in [-0.39, 0.29) is 4.90 Å². The molecule has 2 aromatic rings. The average molecular weight is 361 g/mol. The molecule has 0 aliphatic carbocycles. The summed E-state index contributed by atoms with van der Waals surface area (Å²) in [6, 6.07) is 7.44. The molecule has 0 unspecified atom stereocenters. The highest BCUT2D eigenvalue weighted by Crippen LogP contribution is 2.36. The van der Waals surface area contributed by atoms with Gasteiger partial charge in [0.15, 0.2) is 6.19 Å². The van der Waals surface area contributed by atoms with Crippen molar-refractivity contribution in [3.8, 4) is 6.19 Å². The zero-order valence-electron chi connectivity index (χ0n) is 11.2. The van der Waals surface area contributed by atoms with Gasteiger partial charge in [0.1, 0.15) is 0 Å². The summed E-state index contributed by atoms with van der Waals surface area (Å²) < 4.78 is 63.3. The molecule has 2 rings (SSSR count). The van der Waals surface area contributed by atoms with E-state index < -0.39 is 31.5 Å². The van der Waals surface area contributed by atoms with Crippen LogP contribution in [0.3, 0.4) is 0 Å². The van der Waals surface area contributed by atoms with Crippen molar-refractivity contribution in [2.24, 2.45) is 0 Å². The molecule has 0 bridgehead atoms. The molecule has 0 aliphatic heterocycles. The molecule has 0 saturated carbocycles. The van der Waals surface area contributed by atoms with E-state index in [1.807, 2.05) is 0 Å². The Labute approximate surface area is 135 Å². The van der Waals surface area contributed by atoms with Gasteiger partial charge in [-0.3, -0.25) is 5.32 Å². The van der Waals surface area contributed by atoms with Gasteiger partial charge >= 0.3 is 6.18 Å². The number of hydrogen-bond donors (Lipinski definition) is 1. The fraction of sp³-hybridized carbons (Fsp3) is 0.0714. The minimum absolute atomic E-state index is 0.198. The standard InChI is InChI=1S/C14H8ClF3N2O2S/c15-13-6-5-11(7-12(13)14(16,17)18)23(21,22)10-3-1-9(2-4-10)20-8-19/h1-7,20H. The normalized spacial score (nSPS) is 11.8. The molecule has 0 amide bonds. The second-order valence-corrected chi connectivity index (χ2v) is 6.76. The number of hydrogen-bond acceptors (Lipinski definition) is 4. The molecular formula is C14H8ClF3N2O2S. The molecule has 1 N–H and O–H groups in total. The number of alkyl halides is 3. The number of nitrogens with zero attached hydrogens (tertiary/aromatic N) is 1. The molecule has 0 atom stereocenters. The fourth-order valence-corrected chi connectivity index (χ4v) is 3.32. The van der Waals surface area contributed by atoms with E-state index in [1.165, 1.54) is 24.3 Å². The van der Waals surface area contributed by atoms with Crippen LogP contribution in [0.2, 0.25) is 5.02 Å². The summed E-state index contributed by atoms with van der Waals surface area (Å²) in [4.78, 5) is -0.716. The maximum atomic E-state index is 12.8. The highest BCUT2D eigenvalue weighted by molar-refractivity contribution is 7.91. The molecule has 0 radical (unpaired) electrons. The summed E-state index contributed by atoms with van der Waals surface area (Å²) in [6.07, 6.45) is -3.10. The molecule has 0 aliphatic rings. The first-order chi connectivity index (χ1) is 10.7. The van der Waals surface area contributed by atoms with E-state index in [4.69, 9.17) is 16.9 Å². The minimum atomic E-state index is -4.76. The van der Waals surface area contributed by atoms with Crippen LogP contribution in [0, 0.1) is 11.5 Å². The number of anilines is 1. The Balaban J connectivity index is 2.50. The van der Waals surface area contributed by atoms with Crippen molar-refractivity contribution in [1.29, 1.82) is 5.26 Å². The fourth-order valence-electron chi connectivity index (χ4n) is 1.81. The number of sulfone groups is 1. The lowest BCUT2D eigenvalue weighted by atomic mass is 10.2. The largest absolute Gasteiger partial charge is 0.417 e. The van der Waals surface area contributed by atoms with Crippen LogP contribution < -0.4 is 5.32 Å². The van der Waals surface area contributed by atoms with E-state index >= 15 is 0 Å². The quantitative estimate of drug-likeness (QED) is 0.661. The van der Waals surface area contributed by atoms with E-state index in [9.17, 15) is 21.6 Å². The van der Waals surface area contributed by atoms with Gasteiger partial charge in [-0.1, -0.05) is 11.6 Å². The monoisotopic (exact) mass is 360 g/mol. The summed E-state index contributed by atoms with van der Waals surface area (Å²) in [6.45, 7) is 0. The lowest BCUT2D eigenvalue weighted by Gasteiger charge is -2.11. The number of nitrogens with one attached hydrogen (secondary N) is 1. The molecular weight excluding hydrogens is 353 g/mol. The zero-order valence-corrected chi connectivity index (χ0v) is 12.8. The van der Waals surface area contributed by atoms with Crippen molar-refractivity contribution < 1.29 is 21.6 Å². The number of nitriles is 1. The Morgan fingerprint density at radius 3 is 2.13 bits per heavy atom. The third kappa shape index (κ3) is 3.57. The minimum Gasteiger partial charge on any atom is -0.293 e. The number of rotatable bonds is 3. The summed E-state index contributed by atoms with van der Waals surface area (Å²) in [7, 11) is -4.14. The highest BCUT2D eigenvalue weighted by Gasteiger charge is 2.34. The third-order valence-electron chi connectivity index (χ3n) is 2.92. The van der Waals surface area contributed by atoms with Crippen LogP contribution in [0.1, 0.15) is 5.56 Å². The van der Waals surface area contributed by atoms with Gasteiger partial charge in [-0.15, -0.1) is 0 Å². The number of halogens is 4. The molecule has 0 saturated heterocycles. The first-order valence-corrected chi connectivity index (χ1v) is 7.89. The third-order valence-corrected chi connectivity index (χ3v) is 5.02. The molecule has 0 heterocycles. The maximum absolute atomic E-state index is 12.8. The molecule has 120 valence electrons. The molecule has 0 fully saturated rings. The van der Waals surface area contributed by atoms with Gasteiger partial charge in [0.2, 0.25) is 9.84 Å². The second kappa shape index (κ2) is 6.10. The van der Waals surface area contributed by atoms with Gasteiger partial charge in [-0.05, 0) is 42.5 Å². The van der Waals surface area contributed by atoms with Crippen LogP contribution in [-0.4, -0.2) is 8.42 Å². The van der Waals surface area contributed by atoms with Gasteiger partial charge in [-0.2, -0.15) is 18.4 Å². The Morgan fingerprint density at radius 2 is 1.61 bits per heavy atom. The maximum Gasteiger partial charge on any atom is 0.417 e. The van der Waals surface area contributed by atoms with E-state index in [1.54, 1.807) is 6.19 Å². The molecule has 9 heteroatoms. The lowest BCUT2D eigenvalue weighted by Crippen LogP contribution is -2.09. The van der Waals surface area contributed by atoms with Gasteiger partial charge < -0.3 is 0 Å². The van der Waals surface area contributed by atoms with Crippen molar-refractivity contribution in [3.63, 3.8) is 0 Å². The van der Waals surface area contributed by atoms with Crippen LogP contribution in [-0.2, 0) is 16.0 Å². The van der Waals surface area contributed by atoms with Crippen LogP contribution in [0.4, 0.5) is 18.9 Å². The van der Waals surface area contributed by atoms with Crippen LogP contribution in [0.25, 0.3) is 0 Å². The SMILES string of the molecule is N#CNc1ccc(S(=O)(=O)c2ccc(Cl)c(C(F)(F)F)c2)cc1. The topological polar surface area (TPSA) is 70.0 Å². The van der Waals surface area contributed by atoms with Gasteiger partial charge in [0.25, 0.3) is 0 Å². The molecule has 4 nitrogen and oxygen atoms in total. The van der Waals surface area contributed by atoms with Crippen LogP contribution in [0.5, 0.6) is 0 Å². The summed E-state index contributed by atoms with van der Waals surface area (Å²) in [5.74, 6) is 0. The summed E-state index contributed by atoms with van der Waals surface area (Å²) in [5.41, 5.74) is -0.860. The van der Waals surface area contributed by atoms with Crippen LogP contribution >= 0.6 is 11.6 Å². The Morgan fingerprint density at radius 1 is 1.04 bits per heavy atom. The van der Waals surface area contributed by atoms with E-state index in [2.05, 4.69) is 5.32 Å². The van der Waals surface area contributed by atoms with Crippen molar-refractivity contribution in [2.75, 3.05) is 5.32 Å². The zero-order chi connectivity index (χ0) is 17.3. The second-order valence-electron chi connectivity index (χ2n) is 4.40. The Kier molecular flexibility index (Phi) is 4.54. The summed E-state index contributed by atoms with van der Waals surface area (Å²) >= 11 is 5.48. The van der Waals surface area contributed by atoms with Gasteiger partial charge in [0.05, 0.1) is 20.4 Å². The summed E-state index contributed by atoms with van der Waals surface area (Å²) in [5, 5.41) is 10.2. The van der Waals surface area contributed by atoms with Gasteiger partial charge in [0, 0.05) is 5.69 Å².